The van der Waals surface area contributed by atoms with Crippen LogP contribution in [0.5, 0.6) is 0 Å². The smallest absolute Gasteiger partial charge is 0.230 e. The number of amides is 1. The summed E-state index contributed by atoms with van der Waals surface area (Å²) in [6.07, 6.45) is 0.264. The van der Waals surface area contributed by atoms with Crippen LogP contribution < -0.4 is 10.6 Å². The predicted octanol–water partition coefficient (Wildman–Crippen LogP) is 4.99. The Labute approximate surface area is 151 Å². The average Bonchev–Trinajstić information content (AvgIpc) is 2.98. The van der Waals surface area contributed by atoms with Crippen LogP contribution in [-0.2, 0) is 11.2 Å². The Hall–Kier alpha value is -2.66. The van der Waals surface area contributed by atoms with E-state index in [4.69, 9.17) is 0 Å². The van der Waals surface area contributed by atoms with Gasteiger partial charge in [0.2, 0.25) is 5.91 Å². The summed E-state index contributed by atoms with van der Waals surface area (Å²) in [6.45, 7) is 6.09. The molecular formula is C20H21N3OS. The van der Waals surface area contributed by atoms with Crippen molar-refractivity contribution in [2.24, 2.45) is 0 Å². The summed E-state index contributed by atoms with van der Waals surface area (Å²) < 4.78 is 0. The molecule has 0 aliphatic rings. The Morgan fingerprint density at radius 2 is 1.76 bits per heavy atom. The molecule has 0 aliphatic carbocycles. The summed E-state index contributed by atoms with van der Waals surface area (Å²) in [5.41, 5.74) is 6.01. The third-order valence-corrected chi connectivity index (χ3v) is 4.67. The SMILES string of the molecule is Cc1cc(C)c(NC(=O)Cc2csc(Nc3ccccc3)n2)c(C)c1. The molecule has 5 heteroatoms. The molecule has 0 spiro atoms. The fraction of sp³-hybridized carbons (Fsp3) is 0.200. The van der Waals surface area contributed by atoms with Crippen LogP contribution in [0, 0.1) is 20.8 Å². The van der Waals surface area contributed by atoms with Crippen molar-refractivity contribution >= 4 is 33.8 Å². The van der Waals surface area contributed by atoms with Crippen LogP contribution in [0.2, 0.25) is 0 Å². The fourth-order valence-electron chi connectivity index (χ4n) is 2.82. The van der Waals surface area contributed by atoms with Crippen LogP contribution in [0.25, 0.3) is 0 Å². The van der Waals surface area contributed by atoms with E-state index in [-0.39, 0.29) is 12.3 Å². The highest BCUT2D eigenvalue weighted by atomic mass is 32.1. The van der Waals surface area contributed by atoms with Crippen molar-refractivity contribution in [3.05, 3.63) is 70.2 Å². The molecule has 0 atom stereocenters. The topological polar surface area (TPSA) is 54.0 Å². The summed E-state index contributed by atoms with van der Waals surface area (Å²) in [4.78, 5) is 16.9. The van der Waals surface area contributed by atoms with Crippen LogP contribution in [0.1, 0.15) is 22.4 Å². The number of aromatic nitrogens is 1. The third-order valence-electron chi connectivity index (χ3n) is 3.86. The number of nitrogens with one attached hydrogen (secondary N) is 2. The van der Waals surface area contributed by atoms with Crippen LogP contribution >= 0.6 is 11.3 Å². The molecule has 0 saturated carbocycles. The molecule has 0 radical (unpaired) electrons. The number of thiazole rings is 1. The van der Waals surface area contributed by atoms with Gasteiger partial charge in [0.15, 0.2) is 5.13 Å². The van der Waals surface area contributed by atoms with Crippen molar-refractivity contribution < 1.29 is 4.79 Å². The maximum Gasteiger partial charge on any atom is 0.230 e. The molecule has 3 rings (SSSR count). The van der Waals surface area contributed by atoms with Gasteiger partial charge in [0.05, 0.1) is 12.1 Å². The quantitative estimate of drug-likeness (QED) is 0.680. The number of carbonyl (C=O) groups excluding carboxylic acids is 1. The summed E-state index contributed by atoms with van der Waals surface area (Å²) in [5.74, 6) is -0.0494. The Kier molecular flexibility index (Phi) is 5.14. The highest BCUT2D eigenvalue weighted by Crippen LogP contribution is 2.23. The van der Waals surface area contributed by atoms with Crippen molar-refractivity contribution in [1.82, 2.24) is 4.98 Å². The van der Waals surface area contributed by atoms with Gasteiger partial charge in [-0.2, -0.15) is 0 Å². The second-order valence-electron chi connectivity index (χ2n) is 6.13. The van der Waals surface area contributed by atoms with Crippen molar-refractivity contribution in [3.8, 4) is 0 Å². The van der Waals surface area contributed by atoms with E-state index in [1.165, 1.54) is 16.9 Å². The average molecular weight is 351 g/mol. The summed E-state index contributed by atoms with van der Waals surface area (Å²) in [5, 5.41) is 8.97. The molecular weight excluding hydrogens is 330 g/mol. The number of para-hydroxylation sites is 1. The van der Waals surface area contributed by atoms with Gasteiger partial charge < -0.3 is 10.6 Å². The normalized spacial score (nSPS) is 10.5. The van der Waals surface area contributed by atoms with Crippen molar-refractivity contribution in [2.45, 2.75) is 27.2 Å². The highest BCUT2D eigenvalue weighted by Gasteiger charge is 2.11. The maximum atomic E-state index is 12.4. The largest absolute Gasteiger partial charge is 0.332 e. The van der Waals surface area contributed by atoms with E-state index in [1.807, 2.05) is 49.6 Å². The lowest BCUT2D eigenvalue weighted by Crippen LogP contribution is -2.16. The molecule has 0 unspecified atom stereocenters. The Balaban J connectivity index is 1.64. The molecule has 4 nitrogen and oxygen atoms in total. The molecule has 0 aliphatic heterocycles. The van der Waals surface area contributed by atoms with Crippen LogP contribution in [0.4, 0.5) is 16.5 Å². The van der Waals surface area contributed by atoms with E-state index < -0.39 is 0 Å². The summed E-state index contributed by atoms with van der Waals surface area (Å²) >= 11 is 1.50. The summed E-state index contributed by atoms with van der Waals surface area (Å²) in [7, 11) is 0. The number of carbonyl (C=O) groups is 1. The van der Waals surface area contributed by atoms with Gasteiger partial charge in [-0.05, 0) is 44.0 Å². The lowest BCUT2D eigenvalue weighted by molar-refractivity contribution is -0.115. The molecule has 1 amide bonds. The van der Waals surface area contributed by atoms with Gasteiger partial charge in [0.1, 0.15) is 0 Å². The van der Waals surface area contributed by atoms with E-state index in [9.17, 15) is 4.79 Å². The second kappa shape index (κ2) is 7.49. The molecule has 1 heterocycles. The second-order valence-corrected chi connectivity index (χ2v) is 6.99. The highest BCUT2D eigenvalue weighted by molar-refractivity contribution is 7.13. The minimum Gasteiger partial charge on any atom is -0.332 e. The van der Waals surface area contributed by atoms with E-state index >= 15 is 0 Å². The van der Waals surface area contributed by atoms with Gasteiger partial charge in [0.25, 0.3) is 0 Å². The minimum atomic E-state index is -0.0494. The van der Waals surface area contributed by atoms with E-state index in [1.54, 1.807) is 0 Å². The molecule has 25 heavy (non-hydrogen) atoms. The van der Waals surface area contributed by atoms with Gasteiger partial charge in [-0.1, -0.05) is 35.9 Å². The van der Waals surface area contributed by atoms with Crippen molar-refractivity contribution in [1.29, 1.82) is 0 Å². The number of rotatable bonds is 5. The van der Waals surface area contributed by atoms with E-state index in [0.29, 0.717) is 0 Å². The van der Waals surface area contributed by atoms with Gasteiger partial charge in [0, 0.05) is 16.8 Å². The number of anilines is 3. The first-order valence-electron chi connectivity index (χ1n) is 8.15. The number of benzene rings is 2. The molecule has 2 aromatic carbocycles. The number of hydrogen-bond donors (Lipinski definition) is 2. The first-order chi connectivity index (χ1) is 12.0. The van der Waals surface area contributed by atoms with Gasteiger partial charge in [-0.15, -0.1) is 11.3 Å². The number of nitrogens with zero attached hydrogens (tertiary/aromatic N) is 1. The lowest BCUT2D eigenvalue weighted by Gasteiger charge is -2.12. The molecule has 0 saturated heterocycles. The molecule has 1 aromatic heterocycles. The van der Waals surface area contributed by atoms with Crippen molar-refractivity contribution in [3.63, 3.8) is 0 Å². The lowest BCUT2D eigenvalue weighted by atomic mass is 10.0. The zero-order valence-corrected chi connectivity index (χ0v) is 15.4. The van der Waals surface area contributed by atoms with Crippen LogP contribution in [0.3, 0.4) is 0 Å². The third kappa shape index (κ3) is 4.45. The van der Waals surface area contributed by atoms with Crippen molar-refractivity contribution in [2.75, 3.05) is 10.6 Å². The Bertz CT molecular complexity index is 864. The molecule has 0 bridgehead atoms. The Morgan fingerprint density at radius 3 is 2.44 bits per heavy atom. The van der Waals surface area contributed by atoms with Gasteiger partial charge in [-0.25, -0.2) is 4.98 Å². The zero-order chi connectivity index (χ0) is 17.8. The van der Waals surface area contributed by atoms with E-state index in [0.717, 1.165) is 33.3 Å². The first kappa shape index (κ1) is 17.2. The standard InChI is InChI=1S/C20H21N3OS/c1-13-9-14(2)19(15(3)10-13)23-18(24)11-17-12-25-20(22-17)21-16-7-5-4-6-8-16/h4-10,12H,11H2,1-3H3,(H,21,22)(H,23,24). The van der Waals surface area contributed by atoms with Gasteiger partial charge in [-0.3, -0.25) is 4.79 Å². The minimum absolute atomic E-state index is 0.0494. The van der Waals surface area contributed by atoms with Gasteiger partial charge >= 0.3 is 0 Å². The molecule has 128 valence electrons. The molecule has 2 N–H and O–H groups in total. The molecule has 0 fully saturated rings. The van der Waals surface area contributed by atoms with Crippen LogP contribution in [0.15, 0.2) is 47.8 Å². The van der Waals surface area contributed by atoms with E-state index in [2.05, 4.69) is 34.7 Å². The fourth-order valence-corrected chi connectivity index (χ4v) is 3.55. The predicted molar refractivity (Wildman–Crippen MR) is 105 cm³/mol. The Morgan fingerprint density at radius 1 is 1.08 bits per heavy atom. The first-order valence-corrected chi connectivity index (χ1v) is 9.03. The zero-order valence-electron chi connectivity index (χ0n) is 14.6. The maximum absolute atomic E-state index is 12.4. The number of hydrogen-bond acceptors (Lipinski definition) is 4. The molecule has 3 aromatic rings. The summed E-state index contributed by atoms with van der Waals surface area (Å²) in [6, 6.07) is 14.0. The number of aryl methyl sites for hydroxylation is 3. The van der Waals surface area contributed by atoms with Crippen LogP contribution in [-0.4, -0.2) is 10.9 Å². The monoisotopic (exact) mass is 351 g/mol.